The van der Waals surface area contributed by atoms with E-state index in [0.29, 0.717) is 6.42 Å². The molecule has 0 atom stereocenters. The summed E-state index contributed by atoms with van der Waals surface area (Å²) in [5.74, 6) is 0. The number of hydrogen-bond donors (Lipinski definition) is 1. The second-order valence-corrected chi connectivity index (χ2v) is 6.98. The largest absolute Gasteiger partial charge is 0.396 e. The molecule has 0 aliphatic heterocycles. The average Bonchev–Trinajstić information content (AvgIpc) is 2.32. The zero-order valence-corrected chi connectivity index (χ0v) is 13.1. The van der Waals surface area contributed by atoms with Crippen molar-refractivity contribution in [3.63, 3.8) is 0 Å². The van der Waals surface area contributed by atoms with Crippen molar-refractivity contribution < 1.29 is 13.5 Å². The van der Waals surface area contributed by atoms with Gasteiger partial charge in [0, 0.05) is 19.2 Å². The maximum Gasteiger partial charge on any atom is 0.244 e. The molecule has 19 heavy (non-hydrogen) atoms. The summed E-state index contributed by atoms with van der Waals surface area (Å²) in [5, 5.41) is 9.09. The van der Waals surface area contributed by atoms with E-state index < -0.39 is 10.0 Å². The van der Waals surface area contributed by atoms with Crippen LogP contribution < -0.4 is 0 Å². The summed E-state index contributed by atoms with van der Waals surface area (Å²) in [5.41, 5.74) is 0. The molecule has 0 bridgehead atoms. The Balaban J connectivity index is 3.23. The van der Waals surface area contributed by atoms with E-state index in [-0.39, 0.29) is 34.1 Å². The Kier molecular flexibility index (Phi) is 6.08. The Morgan fingerprint density at radius 2 is 1.95 bits per heavy atom. The van der Waals surface area contributed by atoms with E-state index in [0.717, 1.165) is 0 Å². The van der Waals surface area contributed by atoms with Crippen LogP contribution in [0.25, 0.3) is 0 Å². The lowest BCUT2D eigenvalue weighted by Gasteiger charge is -2.26. The minimum atomic E-state index is -3.72. The normalized spacial score (nSPS) is 12.4. The van der Waals surface area contributed by atoms with Crippen LogP contribution in [0.1, 0.15) is 20.3 Å². The molecule has 0 saturated heterocycles. The molecule has 0 spiro atoms. The van der Waals surface area contributed by atoms with Crippen molar-refractivity contribution in [2.75, 3.05) is 13.2 Å². The van der Waals surface area contributed by atoms with Gasteiger partial charge in [0.15, 0.2) is 0 Å². The summed E-state index contributed by atoms with van der Waals surface area (Å²) in [6.07, 6.45) is 0.371. The lowest BCUT2D eigenvalue weighted by Crippen LogP contribution is -2.38. The second kappa shape index (κ2) is 6.90. The highest BCUT2D eigenvalue weighted by Gasteiger charge is 2.29. The van der Waals surface area contributed by atoms with Crippen LogP contribution in [-0.4, -0.2) is 37.0 Å². The highest BCUT2D eigenvalue weighted by Crippen LogP contribution is 2.31. The van der Waals surface area contributed by atoms with Crippen molar-refractivity contribution in [2.45, 2.75) is 31.2 Å². The highest BCUT2D eigenvalue weighted by atomic mass is 35.5. The minimum Gasteiger partial charge on any atom is -0.396 e. The van der Waals surface area contributed by atoms with Crippen molar-refractivity contribution >= 4 is 33.2 Å². The van der Waals surface area contributed by atoms with Gasteiger partial charge >= 0.3 is 0 Å². The molecule has 0 aliphatic carbocycles. The number of benzene rings is 1. The lowest BCUT2D eigenvalue weighted by molar-refractivity contribution is 0.258. The third-order valence-electron chi connectivity index (χ3n) is 2.62. The number of rotatable bonds is 6. The van der Waals surface area contributed by atoms with Crippen molar-refractivity contribution in [3.8, 4) is 0 Å². The van der Waals surface area contributed by atoms with Gasteiger partial charge in [-0.15, -0.1) is 0 Å². The van der Waals surface area contributed by atoms with E-state index in [2.05, 4.69) is 0 Å². The van der Waals surface area contributed by atoms with Gasteiger partial charge < -0.3 is 5.11 Å². The molecule has 0 heterocycles. The predicted molar refractivity (Wildman–Crippen MR) is 77.2 cm³/mol. The van der Waals surface area contributed by atoms with Crippen molar-refractivity contribution in [2.24, 2.45) is 0 Å². The monoisotopic (exact) mass is 325 g/mol. The van der Waals surface area contributed by atoms with Crippen LogP contribution in [-0.2, 0) is 10.0 Å². The van der Waals surface area contributed by atoms with Crippen LogP contribution in [0.5, 0.6) is 0 Å². The molecule has 1 aromatic carbocycles. The number of aliphatic hydroxyl groups is 1. The molecule has 108 valence electrons. The average molecular weight is 326 g/mol. The first kappa shape index (κ1) is 16.7. The number of halogens is 2. The number of sulfonamides is 1. The first-order valence-electron chi connectivity index (χ1n) is 5.89. The molecule has 1 rings (SSSR count). The predicted octanol–water partition coefficient (Wildman–Crippen LogP) is 2.77. The summed E-state index contributed by atoms with van der Waals surface area (Å²) in [6, 6.07) is 4.28. The molecule has 0 aromatic heterocycles. The van der Waals surface area contributed by atoms with Gasteiger partial charge in [0.05, 0.1) is 10.0 Å². The summed E-state index contributed by atoms with van der Waals surface area (Å²) in [6.45, 7) is 3.71. The highest BCUT2D eigenvalue weighted by molar-refractivity contribution is 7.89. The van der Waals surface area contributed by atoms with E-state index in [9.17, 15) is 8.42 Å². The zero-order chi connectivity index (χ0) is 14.6. The van der Waals surface area contributed by atoms with Gasteiger partial charge in [-0.2, -0.15) is 4.31 Å². The SMILES string of the molecule is CC(C)N(CCCO)S(=O)(=O)c1cccc(Cl)c1Cl. The minimum absolute atomic E-state index is 0.00620. The smallest absolute Gasteiger partial charge is 0.244 e. The molecule has 0 saturated carbocycles. The topological polar surface area (TPSA) is 57.6 Å². The first-order chi connectivity index (χ1) is 8.82. The van der Waals surface area contributed by atoms with Gasteiger partial charge in [-0.25, -0.2) is 8.42 Å². The third-order valence-corrected chi connectivity index (χ3v) is 5.66. The number of nitrogens with zero attached hydrogens (tertiary/aromatic N) is 1. The van der Waals surface area contributed by atoms with Gasteiger partial charge in [-0.1, -0.05) is 29.3 Å². The Morgan fingerprint density at radius 3 is 2.47 bits per heavy atom. The lowest BCUT2D eigenvalue weighted by atomic mass is 10.3. The van der Waals surface area contributed by atoms with E-state index in [1.807, 2.05) is 0 Å². The molecular formula is C12H17Cl2NO3S. The van der Waals surface area contributed by atoms with E-state index in [4.69, 9.17) is 28.3 Å². The number of hydrogen-bond acceptors (Lipinski definition) is 3. The maximum absolute atomic E-state index is 12.6. The summed E-state index contributed by atoms with van der Waals surface area (Å²) >= 11 is 11.8. The van der Waals surface area contributed by atoms with Crippen molar-refractivity contribution in [3.05, 3.63) is 28.2 Å². The van der Waals surface area contributed by atoms with E-state index in [1.54, 1.807) is 19.9 Å². The molecule has 0 amide bonds. The second-order valence-electron chi connectivity index (χ2n) is 4.34. The molecule has 4 nitrogen and oxygen atoms in total. The fraction of sp³-hybridized carbons (Fsp3) is 0.500. The maximum atomic E-state index is 12.6. The molecular weight excluding hydrogens is 309 g/mol. The first-order valence-corrected chi connectivity index (χ1v) is 8.08. The molecule has 1 aromatic rings. The van der Waals surface area contributed by atoms with Crippen molar-refractivity contribution in [1.82, 2.24) is 4.31 Å². The van der Waals surface area contributed by atoms with Gasteiger partial charge in [0.1, 0.15) is 4.90 Å². The van der Waals surface area contributed by atoms with E-state index in [1.165, 1.54) is 16.4 Å². The van der Waals surface area contributed by atoms with Crippen LogP contribution in [0.15, 0.2) is 23.1 Å². The van der Waals surface area contributed by atoms with Gasteiger partial charge in [-0.3, -0.25) is 0 Å². The molecule has 1 N–H and O–H groups in total. The fourth-order valence-electron chi connectivity index (χ4n) is 1.69. The van der Waals surface area contributed by atoms with Gasteiger partial charge in [0.2, 0.25) is 10.0 Å². The summed E-state index contributed by atoms with van der Waals surface area (Å²) in [7, 11) is -3.72. The Labute approximate surface area is 124 Å². The Morgan fingerprint density at radius 1 is 1.32 bits per heavy atom. The van der Waals surface area contributed by atoms with Crippen LogP contribution in [0.2, 0.25) is 10.0 Å². The zero-order valence-electron chi connectivity index (χ0n) is 10.8. The summed E-state index contributed by atoms with van der Waals surface area (Å²) in [4.78, 5) is -0.00620. The standard InChI is InChI=1S/C12H17Cl2NO3S/c1-9(2)15(7-4-8-16)19(17,18)11-6-3-5-10(13)12(11)14/h3,5-6,9,16H,4,7-8H2,1-2H3. The summed E-state index contributed by atoms with van der Waals surface area (Å²) < 4.78 is 26.4. The third kappa shape index (κ3) is 3.83. The number of aliphatic hydroxyl groups excluding tert-OH is 1. The molecule has 0 aliphatic rings. The van der Waals surface area contributed by atoms with Crippen LogP contribution in [0, 0.1) is 0 Å². The van der Waals surface area contributed by atoms with Crippen LogP contribution in [0.4, 0.5) is 0 Å². The molecule has 0 fully saturated rings. The molecule has 0 unspecified atom stereocenters. The Hall–Kier alpha value is -0.330. The van der Waals surface area contributed by atoms with E-state index >= 15 is 0 Å². The fourth-order valence-corrected chi connectivity index (χ4v) is 4.11. The molecule has 7 heteroatoms. The van der Waals surface area contributed by atoms with Gasteiger partial charge in [-0.05, 0) is 32.4 Å². The van der Waals surface area contributed by atoms with Crippen LogP contribution >= 0.6 is 23.2 Å². The van der Waals surface area contributed by atoms with Gasteiger partial charge in [0.25, 0.3) is 0 Å². The quantitative estimate of drug-likeness (QED) is 0.874. The van der Waals surface area contributed by atoms with Crippen LogP contribution in [0.3, 0.4) is 0 Å². The molecule has 0 radical (unpaired) electrons. The van der Waals surface area contributed by atoms with Crippen molar-refractivity contribution in [1.29, 1.82) is 0 Å². The Bertz CT molecular complexity index is 532.